The van der Waals surface area contributed by atoms with Gasteiger partial charge in [0.25, 0.3) is 0 Å². The maximum Gasteiger partial charge on any atom is 0.248 e. The minimum Gasteiger partial charge on any atom is -0.378 e. The van der Waals surface area contributed by atoms with Crippen molar-refractivity contribution in [3.8, 4) is 0 Å². The molecule has 3 unspecified atom stereocenters. The van der Waals surface area contributed by atoms with Gasteiger partial charge >= 0.3 is 0 Å². The van der Waals surface area contributed by atoms with Crippen LogP contribution in [0.5, 0.6) is 0 Å². The highest BCUT2D eigenvalue weighted by molar-refractivity contribution is 5.92. The van der Waals surface area contributed by atoms with Crippen LogP contribution in [0.2, 0.25) is 0 Å². The van der Waals surface area contributed by atoms with Gasteiger partial charge in [0.05, 0.1) is 0 Å². The number of hydrogen-bond acceptors (Lipinski definition) is 3. The maximum absolute atomic E-state index is 11.7. The monoisotopic (exact) mass is 404 g/mol. The summed E-state index contributed by atoms with van der Waals surface area (Å²) in [5.41, 5.74) is 8.92. The highest BCUT2D eigenvalue weighted by atomic mass is 16.3. The van der Waals surface area contributed by atoms with Crippen molar-refractivity contribution in [1.29, 1.82) is 0 Å². The average molecular weight is 405 g/mol. The fraction of sp³-hybridized carbons (Fsp3) is 0.500. The number of aliphatic hydroxyl groups excluding tert-OH is 1. The summed E-state index contributed by atoms with van der Waals surface area (Å²) in [6.07, 6.45) is 7.44. The molecule has 4 nitrogen and oxygen atoms in total. The molecule has 3 fully saturated rings. The number of hydrogen-bond donors (Lipinski definition) is 2. The fourth-order valence-corrected chi connectivity index (χ4v) is 6.30. The number of carbonyl (C=O) groups excluding carboxylic acids is 1. The second kappa shape index (κ2) is 7.82. The van der Waals surface area contributed by atoms with Gasteiger partial charge in [-0.15, -0.1) is 0 Å². The van der Waals surface area contributed by atoms with E-state index in [1.165, 1.54) is 17.5 Å². The van der Waals surface area contributed by atoms with Crippen LogP contribution in [0.15, 0.2) is 54.6 Å². The van der Waals surface area contributed by atoms with E-state index in [1.54, 1.807) is 6.07 Å². The first-order valence-corrected chi connectivity index (χ1v) is 11.4. The Hall–Kier alpha value is -2.17. The summed E-state index contributed by atoms with van der Waals surface area (Å²) in [5, 5.41) is 11.2. The third kappa shape index (κ3) is 3.46. The van der Waals surface area contributed by atoms with Crippen LogP contribution in [0.25, 0.3) is 0 Å². The number of piperidine rings is 1. The van der Waals surface area contributed by atoms with Gasteiger partial charge in [-0.2, -0.15) is 0 Å². The second-order valence-electron chi connectivity index (χ2n) is 9.72. The molecule has 2 aliphatic carbocycles. The molecule has 0 aromatic heterocycles. The Kier molecular flexibility index (Phi) is 5.16. The topological polar surface area (TPSA) is 66.6 Å². The van der Waals surface area contributed by atoms with E-state index in [0.717, 1.165) is 45.1 Å². The van der Waals surface area contributed by atoms with E-state index in [-0.39, 0.29) is 17.6 Å². The number of likely N-dealkylation sites (tertiary alicyclic amines) is 1. The molecule has 2 aromatic rings. The lowest BCUT2D eigenvalue weighted by Crippen LogP contribution is -2.57. The minimum absolute atomic E-state index is 0.122. The molecular formula is C26H32N2O2. The van der Waals surface area contributed by atoms with Gasteiger partial charge in [0.2, 0.25) is 5.91 Å². The van der Waals surface area contributed by atoms with Gasteiger partial charge < -0.3 is 10.8 Å². The van der Waals surface area contributed by atoms with Gasteiger partial charge in [0, 0.05) is 18.2 Å². The maximum atomic E-state index is 11.7. The SMILES string of the molecule is NC(=O)c1cccc(C23CCCC(C2)N(C(O)C2CC(c4ccccc4)C2)CC3)c1. The summed E-state index contributed by atoms with van der Waals surface area (Å²) in [6, 6.07) is 19.1. The lowest BCUT2D eigenvalue weighted by molar-refractivity contribution is -0.118. The molecular weight excluding hydrogens is 372 g/mol. The Morgan fingerprint density at radius 1 is 1.10 bits per heavy atom. The first kappa shape index (κ1) is 19.8. The number of aliphatic hydroxyl groups is 1. The third-order valence-electron chi connectivity index (χ3n) is 8.10. The molecule has 5 rings (SSSR count). The smallest absolute Gasteiger partial charge is 0.248 e. The molecule has 2 aromatic carbocycles. The van der Waals surface area contributed by atoms with Crippen LogP contribution in [0.3, 0.4) is 0 Å². The Balaban J connectivity index is 1.27. The lowest BCUT2D eigenvalue weighted by atomic mass is 9.62. The molecule has 3 N–H and O–H groups in total. The summed E-state index contributed by atoms with van der Waals surface area (Å²) in [5.74, 6) is 0.617. The Labute approximate surface area is 179 Å². The van der Waals surface area contributed by atoms with Crippen LogP contribution in [-0.2, 0) is 5.41 Å². The second-order valence-corrected chi connectivity index (χ2v) is 9.72. The van der Waals surface area contributed by atoms with Gasteiger partial charge in [-0.3, -0.25) is 9.69 Å². The van der Waals surface area contributed by atoms with E-state index in [1.807, 2.05) is 12.1 Å². The van der Waals surface area contributed by atoms with Crippen LogP contribution in [0, 0.1) is 5.92 Å². The standard InChI is InChI=1S/C26H32N2O2/c27-24(29)19-8-4-9-22(16-19)26-11-5-10-23(17-26)28(13-12-26)25(30)21-14-20(15-21)18-6-2-1-3-7-18/h1-4,6-9,16,20-21,23,25,30H,5,10-15,17H2,(H2,27,29). The van der Waals surface area contributed by atoms with Crippen molar-refractivity contribution in [3.05, 3.63) is 71.3 Å². The molecule has 3 atom stereocenters. The molecule has 1 amide bonds. The number of primary amides is 1. The zero-order valence-corrected chi connectivity index (χ0v) is 17.5. The molecule has 2 saturated carbocycles. The largest absolute Gasteiger partial charge is 0.378 e. The molecule has 1 heterocycles. The van der Waals surface area contributed by atoms with Crippen molar-refractivity contribution < 1.29 is 9.90 Å². The number of rotatable bonds is 5. The summed E-state index contributed by atoms with van der Waals surface area (Å²) in [4.78, 5) is 14.1. The van der Waals surface area contributed by atoms with Gasteiger partial charge in [0.15, 0.2) is 0 Å². The molecule has 2 bridgehead atoms. The zero-order valence-electron chi connectivity index (χ0n) is 17.5. The minimum atomic E-state index is -0.355. The highest BCUT2D eigenvalue weighted by Gasteiger charge is 2.47. The van der Waals surface area contributed by atoms with Gasteiger partial charge in [0.1, 0.15) is 6.23 Å². The normalized spacial score (nSPS) is 32.2. The van der Waals surface area contributed by atoms with E-state index in [9.17, 15) is 9.90 Å². The Bertz CT molecular complexity index is 908. The summed E-state index contributed by atoms with van der Waals surface area (Å²) in [7, 11) is 0. The lowest BCUT2D eigenvalue weighted by Gasteiger charge is -2.54. The first-order chi connectivity index (χ1) is 14.6. The number of amides is 1. The number of fused-ring (bicyclic) bond motifs is 2. The van der Waals surface area contributed by atoms with E-state index in [0.29, 0.717) is 23.4 Å². The van der Waals surface area contributed by atoms with Crippen LogP contribution in [0.4, 0.5) is 0 Å². The molecule has 3 aliphatic rings. The van der Waals surface area contributed by atoms with Gasteiger partial charge in [-0.1, -0.05) is 48.9 Å². The highest BCUT2D eigenvalue weighted by Crippen LogP contribution is 2.50. The molecule has 1 saturated heterocycles. The number of nitrogens with two attached hydrogens (primary N) is 1. The Morgan fingerprint density at radius 3 is 2.67 bits per heavy atom. The van der Waals surface area contributed by atoms with Crippen molar-refractivity contribution in [3.63, 3.8) is 0 Å². The summed E-state index contributed by atoms with van der Waals surface area (Å²) >= 11 is 0. The molecule has 158 valence electrons. The van der Waals surface area contributed by atoms with Crippen LogP contribution in [0.1, 0.15) is 72.3 Å². The summed E-state index contributed by atoms with van der Waals surface area (Å²) < 4.78 is 0. The Morgan fingerprint density at radius 2 is 1.90 bits per heavy atom. The number of nitrogens with zero attached hydrogens (tertiary/aromatic N) is 1. The van der Waals surface area contributed by atoms with Crippen molar-refractivity contribution in [2.45, 2.75) is 68.5 Å². The van der Waals surface area contributed by atoms with Gasteiger partial charge in [-0.25, -0.2) is 0 Å². The quantitative estimate of drug-likeness (QED) is 0.785. The van der Waals surface area contributed by atoms with E-state index in [4.69, 9.17) is 5.73 Å². The van der Waals surface area contributed by atoms with E-state index in [2.05, 4.69) is 41.3 Å². The molecule has 0 spiro atoms. The molecule has 1 aliphatic heterocycles. The van der Waals surface area contributed by atoms with E-state index >= 15 is 0 Å². The van der Waals surface area contributed by atoms with Gasteiger partial charge in [-0.05, 0) is 79.0 Å². The predicted octanol–water partition coefficient (Wildman–Crippen LogP) is 4.18. The van der Waals surface area contributed by atoms with Crippen LogP contribution in [-0.4, -0.2) is 34.7 Å². The predicted molar refractivity (Wildman–Crippen MR) is 118 cm³/mol. The molecule has 0 radical (unpaired) electrons. The van der Waals surface area contributed by atoms with Crippen molar-refractivity contribution in [1.82, 2.24) is 4.90 Å². The molecule has 4 heteroatoms. The van der Waals surface area contributed by atoms with Crippen LogP contribution < -0.4 is 5.73 Å². The van der Waals surface area contributed by atoms with Crippen LogP contribution >= 0.6 is 0 Å². The van der Waals surface area contributed by atoms with E-state index < -0.39 is 0 Å². The molecule has 30 heavy (non-hydrogen) atoms. The average Bonchev–Trinajstić information content (AvgIpc) is 2.74. The van der Waals surface area contributed by atoms with Crippen molar-refractivity contribution in [2.75, 3.05) is 6.54 Å². The fourth-order valence-electron chi connectivity index (χ4n) is 6.30. The number of carbonyl (C=O) groups is 1. The van der Waals surface area contributed by atoms with Crippen molar-refractivity contribution in [2.24, 2.45) is 11.7 Å². The summed E-state index contributed by atoms with van der Waals surface area (Å²) in [6.45, 7) is 0.930. The van der Waals surface area contributed by atoms with Crippen molar-refractivity contribution >= 4 is 5.91 Å². The zero-order chi connectivity index (χ0) is 20.7. The first-order valence-electron chi connectivity index (χ1n) is 11.4. The third-order valence-corrected chi connectivity index (χ3v) is 8.10. The number of benzene rings is 2.